The molecule has 2 aromatic carbocycles. The maximum atomic E-state index is 13.5. The third-order valence-corrected chi connectivity index (χ3v) is 4.57. The molecule has 0 spiro atoms. The van der Waals surface area contributed by atoms with Crippen LogP contribution in [0.3, 0.4) is 0 Å². The lowest BCUT2D eigenvalue weighted by atomic mass is 9.87. The molecular formula is C17H17BrFN. The molecular weight excluding hydrogens is 317 g/mol. The lowest BCUT2D eigenvalue weighted by molar-refractivity contribution is 0.598. The van der Waals surface area contributed by atoms with Crippen molar-refractivity contribution in [3.05, 3.63) is 63.4 Å². The molecule has 0 radical (unpaired) electrons. The fourth-order valence-corrected chi connectivity index (χ4v) is 3.24. The first-order chi connectivity index (χ1) is 9.65. The van der Waals surface area contributed by atoms with Gasteiger partial charge in [-0.3, -0.25) is 0 Å². The minimum absolute atomic E-state index is 0.211. The number of nitrogens with one attached hydrogen (secondary N) is 1. The van der Waals surface area contributed by atoms with Crippen molar-refractivity contribution in [2.75, 3.05) is 5.32 Å². The van der Waals surface area contributed by atoms with Gasteiger partial charge in [0.05, 0.1) is 10.5 Å². The predicted octanol–water partition coefficient (Wildman–Crippen LogP) is 5.39. The number of benzene rings is 2. The van der Waals surface area contributed by atoms with Crippen LogP contribution in [0.1, 0.15) is 35.6 Å². The van der Waals surface area contributed by atoms with E-state index in [1.165, 1.54) is 17.5 Å². The Balaban J connectivity index is 1.91. The number of hydrogen-bond acceptors (Lipinski definition) is 1. The van der Waals surface area contributed by atoms with Crippen LogP contribution in [0.25, 0.3) is 0 Å². The van der Waals surface area contributed by atoms with Crippen molar-refractivity contribution in [2.24, 2.45) is 0 Å². The molecule has 0 aromatic heterocycles. The van der Waals surface area contributed by atoms with Crippen molar-refractivity contribution >= 4 is 21.6 Å². The fraction of sp³-hybridized carbons (Fsp3) is 0.294. The molecule has 0 saturated heterocycles. The van der Waals surface area contributed by atoms with Gasteiger partial charge < -0.3 is 5.32 Å². The normalized spacial score (nSPS) is 17.6. The Morgan fingerprint density at radius 3 is 2.90 bits per heavy atom. The van der Waals surface area contributed by atoms with Crippen LogP contribution in [-0.4, -0.2) is 0 Å². The molecule has 3 heteroatoms. The molecule has 0 heterocycles. The van der Waals surface area contributed by atoms with E-state index in [0.717, 1.165) is 24.1 Å². The first kappa shape index (κ1) is 13.6. The summed E-state index contributed by atoms with van der Waals surface area (Å²) in [6.07, 6.45) is 3.46. The van der Waals surface area contributed by atoms with Gasteiger partial charge in [0, 0.05) is 5.69 Å². The Kier molecular flexibility index (Phi) is 3.79. The molecule has 1 atom stereocenters. The van der Waals surface area contributed by atoms with Gasteiger partial charge >= 0.3 is 0 Å². The third kappa shape index (κ3) is 2.59. The predicted molar refractivity (Wildman–Crippen MR) is 84.6 cm³/mol. The Hall–Kier alpha value is -1.35. The average molecular weight is 334 g/mol. The second kappa shape index (κ2) is 5.57. The number of fused-ring (bicyclic) bond motifs is 1. The molecule has 3 rings (SSSR count). The lowest BCUT2D eigenvalue weighted by Gasteiger charge is -2.28. The Bertz CT molecular complexity index is 639. The van der Waals surface area contributed by atoms with Gasteiger partial charge in [0.15, 0.2) is 0 Å². The van der Waals surface area contributed by atoms with E-state index in [4.69, 9.17) is 0 Å². The molecule has 1 aliphatic rings. The van der Waals surface area contributed by atoms with Crippen molar-refractivity contribution in [1.29, 1.82) is 0 Å². The van der Waals surface area contributed by atoms with E-state index in [-0.39, 0.29) is 5.82 Å². The maximum absolute atomic E-state index is 13.5. The Morgan fingerprint density at radius 1 is 1.25 bits per heavy atom. The number of aryl methyl sites for hydroxylation is 2. The quantitative estimate of drug-likeness (QED) is 0.777. The Morgan fingerprint density at radius 2 is 2.05 bits per heavy atom. The number of anilines is 1. The zero-order chi connectivity index (χ0) is 14.1. The van der Waals surface area contributed by atoms with Crippen molar-refractivity contribution in [3.63, 3.8) is 0 Å². The highest BCUT2D eigenvalue weighted by molar-refractivity contribution is 9.10. The van der Waals surface area contributed by atoms with E-state index in [1.807, 2.05) is 13.0 Å². The largest absolute Gasteiger partial charge is 0.378 e. The summed E-state index contributed by atoms with van der Waals surface area (Å²) in [6, 6.07) is 12.3. The SMILES string of the molecule is Cc1cc(F)c(Br)cc1NC1CCCc2ccccc21. The van der Waals surface area contributed by atoms with Crippen LogP contribution < -0.4 is 5.32 Å². The monoisotopic (exact) mass is 333 g/mol. The van der Waals surface area contributed by atoms with Crippen molar-refractivity contribution in [3.8, 4) is 0 Å². The van der Waals surface area contributed by atoms with Crippen LogP contribution in [0.2, 0.25) is 0 Å². The van der Waals surface area contributed by atoms with Crippen LogP contribution in [0.15, 0.2) is 40.9 Å². The van der Waals surface area contributed by atoms with Crippen molar-refractivity contribution in [1.82, 2.24) is 0 Å². The van der Waals surface area contributed by atoms with Crippen LogP contribution in [0.5, 0.6) is 0 Å². The van der Waals surface area contributed by atoms with E-state index < -0.39 is 0 Å². The molecule has 2 aromatic rings. The number of rotatable bonds is 2. The second-order valence-electron chi connectivity index (χ2n) is 5.37. The first-order valence-electron chi connectivity index (χ1n) is 6.95. The minimum Gasteiger partial charge on any atom is -0.378 e. The highest BCUT2D eigenvalue weighted by Gasteiger charge is 2.20. The van der Waals surface area contributed by atoms with Crippen LogP contribution >= 0.6 is 15.9 Å². The summed E-state index contributed by atoms with van der Waals surface area (Å²) in [4.78, 5) is 0. The molecule has 20 heavy (non-hydrogen) atoms. The average Bonchev–Trinajstić information content (AvgIpc) is 2.45. The molecule has 0 fully saturated rings. The summed E-state index contributed by atoms with van der Waals surface area (Å²) >= 11 is 3.26. The van der Waals surface area contributed by atoms with Gasteiger partial charge in [0.2, 0.25) is 0 Å². The van der Waals surface area contributed by atoms with Gasteiger partial charge in [0.25, 0.3) is 0 Å². The van der Waals surface area contributed by atoms with Gasteiger partial charge in [-0.05, 0) is 70.9 Å². The summed E-state index contributed by atoms with van der Waals surface area (Å²) in [5, 5.41) is 3.58. The maximum Gasteiger partial charge on any atom is 0.137 e. The van der Waals surface area contributed by atoms with E-state index in [1.54, 1.807) is 6.07 Å². The molecule has 1 unspecified atom stereocenters. The topological polar surface area (TPSA) is 12.0 Å². The standard InChI is InChI=1S/C17H17BrFN/c1-11-9-15(19)14(18)10-17(11)20-16-8-4-6-12-5-2-3-7-13(12)16/h2-3,5,7,9-10,16,20H,4,6,8H2,1H3. The molecule has 1 N–H and O–H groups in total. The second-order valence-corrected chi connectivity index (χ2v) is 6.22. The highest BCUT2D eigenvalue weighted by Crippen LogP contribution is 2.34. The zero-order valence-corrected chi connectivity index (χ0v) is 13.0. The highest BCUT2D eigenvalue weighted by atomic mass is 79.9. The Labute approximate surface area is 127 Å². The van der Waals surface area contributed by atoms with E-state index in [9.17, 15) is 4.39 Å². The molecule has 0 aliphatic heterocycles. The summed E-state index contributed by atoms with van der Waals surface area (Å²) in [6.45, 7) is 1.94. The molecule has 1 aliphatic carbocycles. The van der Waals surface area contributed by atoms with Gasteiger partial charge in [-0.2, -0.15) is 0 Å². The van der Waals surface area contributed by atoms with Gasteiger partial charge in [-0.1, -0.05) is 24.3 Å². The van der Waals surface area contributed by atoms with E-state index >= 15 is 0 Å². The van der Waals surface area contributed by atoms with Crippen LogP contribution in [0.4, 0.5) is 10.1 Å². The molecule has 0 bridgehead atoms. The van der Waals surface area contributed by atoms with Crippen molar-refractivity contribution in [2.45, 2.75) is 32.2 Å². The third-order valence-electron chi connectivity index (χ3n) is 3.97. The summed E-state index contributed by atoms with van der Waals surface area (Å²) in [5.74, 6) is -0.211. The lowest BCUT2D eigenvalue weighted by Crippen LogP contribution is -2.17. The molecule has 104 valence electrons. The number of halogens is 2. The van der Waals surface area contributed by atoms with Crippen LogP contribution in [-0.2, 0) is 6.42 Å². The minimum atomic E-state index is -0.211. The fourth-order valence-electron chi connectivity index (χ4n) is 2.89. The van der Waals surface area contributed by atoms with Gasteiger partial charge in [0.1, 0.15) is 5.82 Å². The smallest absolute Gasteiger partial charge is 0.137 e. The summed E-state index contributed by atoms with van der Waals surface area (Å²) in [5.41, 5.74) is 4.74. The first-order valence-corrected chi connectivity index (χ1v) is 7.74. The van der Waals surface area contributed by atoms with E-state index in [2.05, 4.69) is 45.5 Å². The van der Waals surface area contributed by atoms with Crippen LogP contribution in [0, 0.1) is 12.7 Å². The van der Waals surface area contributed by atoms with Gasteiger partial charge in [-0.15, -0.1) is 0 Å². The molecule has 0 amide bonds. The molecule has 1 nitrogen and oxygen atoms in total. The van der Waals surface area contributed by atoms with Gasteiger partial charge in [-0.25, -0.2) is 4.39 Å². The summed E-state index contributed by atoms with van der Waals surface area (Å²) < 4.78 is 14.0. The van der Waals surface area contributed by atoms with E-state index in [0.29, 0.717) is 10.5 Å². The number of hydrogen-bond donors (Lipinski definition) is 1. The summed E-state index contributed by atoms with van der Waals surface area (Å²) in [7, 11) is 0. The molecule has 0 saturated carbocycles. The van der Waals surface area contributed by atoms with Crippen molar-refractivity contribution < 1.29 is 4.39 Å². The zero-order valence-electron chi connectivity index (χ0n) is 11.4.